The van der Waals surface area contributed by atoms with Crippen molar-refractivity contribution in [1.82, 2.24) is 9.80 Å². The molecule has 0 spiro atoms. The van der Waals surface area contributed by atoms with Gasteiger partial charge in [-0.1, -0.05) is 24.6 Å². The van der Waals surface area contributed by atoms with E-state index in [4.69, 9.17) is 0 Å². The summed E-state index contributed by atoms with van der Waals surface area (Å²) in [7, 11) is 3.59. The lowest BCUT2D eigenvalue weighted by atomic mass is 9.81. The van der Waals surface area contributed by atoms with Crippen LogP contribution in [-0.4, -0.2) is 54.3 Å². The highest BCUT2D eigenvalue weighted by Gasteiger charge is 2.44. The highest BCUT2D eigenvalue weighted by molar-refractivity contribution is 5.90. The molecule has 1 aliphatic heterocycles. The van der Waals surface area contributed by atoms with Crippen LogP contribution >= 0.6 is 0 Å². The van der Waals surface area contributed by atoms with Crippen molar-refractivity contribution < 1.29 is 9.59 Å². The van der Waals surface area contributed by atoms with Gasteiger partial charge in [0.1, 0.15) is 5.54 Å². The molecular formula is C19H27N3O2. The van der Waals surface area contributed by atoms with Gasteiger partial charge in [-0.3, -0.25) is 9.59 Å². The Labute approximate surface area is 144 Å². The van der Waals surface area contributed by atoms with Crippen LogP contribution in [0.25, 0.3) is 0 Å². The maximum atomic E-state index is 12.9. The lowest BCUT2D eigenvalue weighted by Crippen LogP contribution is -2.59. The van der Waals surface area contributed by atoms with E-state index in [1.807, 2.05) is 35.2 Å². The summed E-state index contributed by atoms with van der Waals surface area (Å²) >= 11 is 0. The highest BCUT2D eigenvalue weighted by Crippen LogP contribution is 2.33. The van der Waals surface area contributed by atoms with Crippen molar-refractivity contribution in [1.29, 1.82) is 0 Å². The number of piperidine rings is 1. The molecule has 1 saturated carbocycles. The molecule has 2 amide bonds. The standard InChI is InChI=1S/C19H27N3O2/c1-21(2)18(24)19(20-16-9-4-3-5-10-16)11-13-22(14-12-19)17(23)15-7-6-8-15/h3-5,9-10,15,20H,6-8,11-14H2,1-2H3. The fraction of sp³-hybridized carbons (Fsp3) is 0.579. The smallest absolute Gasteiger partial charge is 0.247 e. The van der Waals surface area contributed by atoms with Gasteiger partial charge in [0.25, 0.3) is 0 Å². The number of hydrogen-bond donors (Lipinski definition) is 1. The highest BCUT2D eigenvalue weighted by atomic mass is 16.2. The largest absolute Gasteiger partial charge is 0.371 e. The third-order valence-electron chi connectivity index (χ3n) is 5.36. The van der Waals surface area contributed by atoms with Crippen LogP contribution in [0.2, 0.25) is 0 Å². The first-order valence-corrected chi connectivity index (χ1v) is 8.86. The molecular weight excluding hydrogens is 302 g/mol. The van der Waals surface area contributed by atoms with Gasteiger partial charge in [-0.15, -0.1) is 0 Å². The number of likely N-dealkylation sites (tertiary alicyclic amines) is 1. The summed E-state index contributed by atoms with van der Waals surface area (Å²) in [5.74, 6) is 0.595. The first-order chi connectivity index (χ1) is 11.5. The number of carbonyl (C=O) groups is 2. The molecule has 5 heteroatoms. The number of amides is 2. The van der Waals surface area contributed by atoms with Crippen LogP contribution < -0.4 is 5.32 Å². The Morgan fingerprint density at radius 3 is 2.25 bits per heavy atom. The second-order valence-corrected chi connectivity index (χ2v) is 7.23. The van der Waals surface area contributed by atoms with Crippen molar-refractivity contribution in [3.63, 3.8) is 0 Å². The van der Waals surface area contributed by atoms with E-state index in [1.54, 1.807) is 19.0 Å². The zero-order valence-electron chi connectivity index (χ0n) is 14.6. The average molecular weight is 329 g/mol. The lowest BCUT2D eigenvalue weighted by Gasteiger charge is -2.44. The number of para-hydroxylation sites is 1. The average Bonchev–Trinajstić information content (AvgIpc) is 2.54. The molecule has 0 bridgehead atoms. The molecule has 3 rings (SSSR count). The van der Waals surface area contributed by atoms with E-state index < -0.39 is 5.54 Å². The molecule has 1 N–H and O–H groups in total. The summed E-state index contributed by atoms with van der Waals surface area (Å²) in [6, 6.07) is 9.86. The molecule has 0 aromatic heterocycles. The van der Waals surface area contributed by atoms with Crippen LogP contribution in [-0.2, 0) is 9.59 Å². The van der Waals surface area contributed by atoms with E-state index in [1.165, 1.54) is 6.42 Å². The zero-order chi connectivity index (χ0) is 17.2. The van der Waals surface area contributed by atoms with Crippen molar-refractivity contribution >= 4 is 17.5 Å². The van der Waals surface area contributed by atoms with Gasteiger partial charge in [-0.05, 0) is 37.8 Å². The molecule has 1 heterocycles. The number of anilines is 1. The van der Waals surface area contributed by atoms with Gasteiger partial charge in [-0.25, -0.2) is 0 Å². The van der Waals surface area contributed by atoms with Crippen molar-refractivity contribution in [2.75, 3.05) is 32.5 Å². The van der Waals surface area contributed by atoms with Crippen LogP contribution in [0.5, 0.6) is 0 Å². The third-order valence-corrected chi connectivity index (χ3v) is 5.36. The van der Waals surface area contributed by atoms with Crippen molar-refractivity contribution in [3.8, 4) is 0 Å². The molecule has 2 aliphatic rings. The summed E-state index contributed by atoms with van der Waals surface area (Å²) in [5.41, 5.74) is 0.327. The molecule has 0 radical (unpaired) electrons. The minimum Gasteiger partial charge on any atom is -0.371 e. The van der Waals surface area contributed by atoms with Gasteiger partial charge in [0.15, 0.2) is 0 Å². The number of likely N-dealkylation sites (N-methyl/N-ethyl adjacent to an activating group) is 1. The summed E-state index contributed by atoms with van der Waals surface area (Å²) in [4.78, 5) is 28.9. The van der Waals surface area contributed by atoms with Gasteiger partial charge in [-0.2, -0.15) is 0 Å². The first-order valence-electron chi connectivity index (χ1n) is 8.86. The molecule has 0 unspecified atom stereocenters. The second-order valence-electron chi connectivity index (χ2n) is 7.23. The Kier molecular flexibility index (Phi) is 4.78. The number of benzene rings is 1. The van der Waals surface area contributed by atoms with Crippen LogP contribution in [0.15, 0.2) is 30.3 Å². The molecule has 1 aliphatic carbocycles. The van der Waals surface area contributed by atoms with Gasteiger partial charge in [0.05, 0.1) is 0 Å². The van der Waals surface area contributed by atoms with E-state index in [-0.39, 0.29) is 17.7 Å². The number of rotatable bonds is 4. The normalized spacial score (nSPS) is 20.2. The van der Waals surface area contributed by atoms with Crippen LogP contribution in [0.3, 0.4) is 0 Å². The predicted molar refractivity (Wildman–Crippen MR) is 94.6 cm³/mol. The Morgan fingerprint density at radius 2 is 1.75 bits per heavy atom. The van der Waals surface area contributed by atoms with Crippen LogP contribution in [0.4, 0.5) is 5.69 Å². The van der Waals surface area contributed by atoms with Gasteiger partial charge in [0.2, 0.25) is 11.8 Å². The number of nitrogens with one attached hydrogen (secondary N) is 1. The Hall–Kier alpha value is -2.04. The number of hydrogen-bond acceptors (Lipinski definition) is 3. The third kappa shape index (κ3) is 3.25. The molecule has 130 valence electrons. The molecule has 1 aromatic carbocycles. The summed E-state index contributed by atoms with van der Waals surface area (Å²) in [6.07, 6.45) is 4.52. The second kappa shape index (κ2) is 6.83. The zero-order valence-corrected chi connectivity index (χ0v) is 14.6. The lowest BCUT2D eigenvalue weighted by molar-refractivity contribution is -0.143. The van der Waals surface area contributed by atoms with Crippen LogP contribution in [0.1, 0.15) is 32.1 Å². The maximum Gasteiger partial charge on any atom is 0.247 e. The van der Waals surface area contributed by atoms with Gasteiger partial charge in [0, 0.05) is 38.8 Å². The maximum absolute atomic E-state index is 12.9. The predicted octanol–water partition coefficient (Wildman–Crippen LogP) is 2.35. The number of nitrogens with zero attached hydrogens (tertiary/aromatic N) is 2. The van der Waals surface area contributed by atoms with Crippen molar-refractivity contribution in [2.24, 2.45) is 5.92 Å². The SMILES string of the molecule is CN(C)C(=O)C1(Nc2ccccc2)CCN(C(=O)C2CCC2)CC1. The van der Waals surface area contributed by atoms with Gasteiger partial charge < -0.3 is 15.1 Å². The van der Waals surface area contributed by atoms with E-state index in [9.17, 15) is 9.59 Å². The summed E-state index contributed by atoms with van der Waals surface area (Å²) < 4.78 is 0. The summed E-state index contributed by atoms with van der Waals surface area (Å²) in [5, 5.41) is 3.46. The fourth-order valence-electron chi connectivity index (χ4n) is 3.64. The van der Waals surface area contributed by atoms with E-state index >= 15 is 0 Å². The minimum atomic E-state index is -0.624. The van der Waals surface area contributed by atoms with E-state index in [0.717, 1.165) is 18.5 Å². The minimum absolute atomic E-state index is 0.0853. The van der Waals surface area contributed by atoms with E-state index in [2.05, 4.69) is 5.32 Å². The van der Waals surface area contributed by atoms with Crippen LogP contribution in [0, 0.1) is 5.92 Å². The van der Waals surface area contributed by atoms with Crippen molar-refractivity contribution in [3.05, 3.63) is 30.3 Å². The van der Waals surface area contributed by atoms with E-state index in [0.29, 0.717) is 25.9 Å². The Bertz CT molecular complexity index is 588. The fourth-order valence-corrected chi connectivity index (χ4v) is 3.64. The topological polar surface area (TPSA) is 52.7 Å². The molecule has 1 aromatic rings. The quantitative estimate of drug-likeness (QED) is 0.922. The molecule has 24 heavy (non-hydrogen) atoms. The number of carbonyl (C=O) groups excluding carboxylic acids is 2. The summed E-state index contributed by atoms with van der Waals surface area (Å²) in [6.45, 7) is 1.30. The molecule has 0 atom stereocenters. The Balaban J connectivity index is 1.73. The van der Waals surface area contributed by atoms with Crippen molar-refractivity contribution in [2.45, 2.75) is 37.6 Å². The monoisotopic (exact) mass is 329 g/mol. The molecule has 2 fully saturated rings. The first kappa shape index (κ1) is 16.8. The Morgan fingerprint density at radius 1 is 1.12 bits per heavy atom. The molecule has 1 saturated heterocycles. The van der Waals surface area contributed by atoms with Gasteiger partial charge >= 0.3 is 0 Å². The molecule has 5 nitrogen and oxygen atoms in total.